The molecule has 0 radical (unpaired) electrons. The fourth-order valence-electron chi connectivity index (χ4n) is 2.09. The van der Waals surface area contributed by atoms with E-state index in [2.05, 4.69) is 12.2 Å². The third kappa shape index (κ3) is 4.28. The van der Waals surface area contributed by atoms with E-state index in [1.54, 1.807) is 6.20 Å². The lowest BCUT2D eigenvalue weighted by Crippen LogP contribution is -2.42. The highest BCUT2D eigenvalue weighted by molar-refractivity contribution is 6.30. The van der Waals surface area contributed by atoms with Gasteiger partial charge >= 0.3 is 6.03 Å². The number of hydrogen-bond donors (Lipinski definition) is 1. The summed E-state index contributed by atoms with van der Waals surface area (Å²) in [6.45, 7) is 3.93. The number of carbonyl (C=O) groups is 1. The van der Waals surface area contributed by atoms with E-state index in [0.29, 0.717) is 5.02 Å². The SMILES string of the molecule is CC1CCN(C(=O)N/C=C/c2ccc(Cl)cc2)CC1. The molecule has 0 aromatic heterocycles. The zero-order valence-electron chi connectivity index (χ0n) is 11.1. The van der Waals surface area contributed by atoms with Crippen LogP contribution in [-0.4, -0.2) is 24.0 Å². The molecule has 1 aliphatic rings. The van der Waals surface area contributed by atoms with Crippen LogP contribution in [0.1, 0.15) is 25.3 Å². The van der Waals surface area contributed by atoms with E-state index in [9.17, 15) is 4.79 Å². The summed E-state index contributed by atoms with van der Waals surface area (Å²) < 4.78 is 0. The monoisotopic (exact) mass is 278 g/mol. The molecule has 1 N–H and O–H groups in total. The summed E-state index contributed by atoms with van der Waals surface area (Å²) in [6.07, 6.45) is 5.73. The molecule has 19 heavy (non-hydrogen) atoms. The highest BCUT2D eigenvalue weighted by Gasteiger charge is 2.19. The molecular weight excluding hydrogens is 260 g/mol. The van der Waals surface area contributed by atoms with Crippen LogP contribution < -0.4 is 5.32 Å². The Bertz CT molecular complexity index is 448. The molecule has 4 heteroatoms. The van der Waals surface area contributed by atoms with Gasteiger partial charge in [-0.05, 0) is 42.5 Å². The Labute approximate surface area is 119 Å². The molecule has 2 rings (SSSR count). The van der Waals surface area contributed by atoms with Gasteiger partial charge < -0.3 is 10.2 Å². The van der Waals surface area contributed by atoms with Crippen LogP contribution in [-0.2, 0) is 0 Å². The van der Waals surface area contributed by atoms with E-state index >= 15 is 0 Å². The average Bonchev–Trinajstić information content (AvgIpc) is 2.41. The molecule has 1 aliphatic heterocycles. The highest BCUT2D eigenvalue weighted by atomic mass is 35.5. The summed E-state index contributed by atoms with van der Waals surface area (Å²) in [5.74, 6) is 0.730. The first kappa shape index (κ1) is 13.9. The van der Waals surface area contributed by atoms with Gasteiger partial charge in [0.05, 0.1) is 0 Å². The molecule has 102 valence electrons. The van der Waals surface area contributed by atoms with Gasteiger partial charge in [-0.25, -0.2) is 4.79 Å². The minimum absolute atomic E-state index is 0.0166. The maximum atomic E-state index is 11.9. The van der Waals surface area contributed by atoms with E-state index in [1.807, 2.05) is 35.2 Å². The number of amides is 2. The van der Waals surface area contributed by atoms with Crippen molar-refractivity contribution in [3.05, 3.63) is 41.1 Å². The molecule has 0 unspecified atom stereocenters. The van der Waals surface area contributed by atoms with Gasteiger partial charge in [0.1, 0.15) is 0 Å². The van der Waals surface area contributed by atoms with Crippen molar-refractivity contribution >= 4 is 23.7 Å². The molecule has 2 amide bonds. The molecule has 0 saturated carbocycles. The van der Waals surface area contributed by atoms with E-state index in [1.165, 1.54) is 0 Å². The summed E-state index contributed by atoms with van der Waals surface area (Å²) in [5, 5.41) is 3.52. The van der Waals surface area contributed by atoms with Crippen LogP contribution >= 0.6 is 11.6 Å². The van der Waals surface area contributed by atoms with Crippen LogP contribution in [0.4, 0.5) is 4.79 Å². The molecule has 0 atom stereocenters. The van der Waals surface area contributed by atoms with Crippen LogP contribution in [0.25, 0.3) is 6.08 Å². The molecule has 1 aromatic rings. The lowest BCUT2D eigenvalue weighted by molar-refractivity contribution is 0.177. The summed E-state index contributed by atoms with van der Waals surface area (Å²) in [6, 6.07) is 7.46. The Kier molecular flexibility index (Phi) is 4.86. The normalized spacial score (nSPS) is 16.8. The molecule has 1 saturated heterocycles. The molecule has 0 aliphatic carbocycles. The molecule has 0 spiro atoms. The van der Waals surface area contributed by atoms with Crippen LogP contribution in [0.15, 0.2) is 30.5 Å². The number of nitrogens with zero attached hydrogens (tertiary/aromatic N) is 1. The first-order valence-electron chi connectivity index (χ1n) is 6.63. The summed E-state index contributed by atoms with van der Waals surface area (Å²) in [4.78, 5) is 13.8. The molecule has 0 bridgehead atoms. The number of urea groups is 1. The van der Waals surface area contributed by atoms with Gasteiger partial charge in [-0.1, -0.05) is 30.7 Å². The second-order valence-corrected chi connectivity index (χ2v) is 5.44. The third-order valence-corrected chi connectivity index (χ3v) is 3.68. The highest BCUT2D eigenvalue weighted by Crippen LogP contribution is 2.15. The number of nitrogens with one attached hydrogen (secondary N) is 1. The Morgan fingerprint density at radius 1 is 1.32 bits per heavy atom. The van der Waals surface area contributed by atoms with E-state index in [4.69, 9.17) is 11.6 Å². The topological polar surface area (TPSA) is 32.3 Å². The zero-order valence-corrected chi connectivity index (χ0v) is 11.9. The Balaban J connectivity index is 1.81. The lowest BCUT2D eigenvalue weighted by Gasteiger charge is -2.29. The number of piperidine rings is 1. The molecule has 1 aromatic carbocycles. The summed E-state index contributed by atoms with van der Waals surface area (Å²) >= 11 is 5.81. The van der Waals surface area contributed by atoms with Crippen molar-refractivity contribution in [2.75, 3.05) is 13.1 Å². The third-order valence-electron chi connectivity index (χ3n) is 3.42. The fraction of sp³-hybridized carbons (Fsp3) is 0.400. The van der Waals surface area contributed by atoms with E-state index in [0.717, 1.165) is 37.4 Å². The standard InChI is InChI=1S/C15H19ClN2O/c1-12-7-10-18(11-8-12)15(19)17-9-6-13-2-4-14(16)5-3-13/h2-6,9,12H,7-8,10-11H2,1H3,(H,17,19)/b9-6+. The van der Waals surface area contributed by atoms with Crippen LogP contribution in [0.3, 0.4) is 0 Å². The quantitative estimate of drug-likeness (QED) is 0.878. The first-order valence-corrected chi connectivity index (χ1v) is 7.00. The van der Waals surface area contributed by atoms with Crippen molar-refractivity contribution in [3.63, 3.8) is 0 Å². The first-order chi connectivity index (χ1) is 9.15. The fourth-order valence-corrected chi connectivity index (χ4v) is 2.21. The predicted octanol–water partition coefficient (Wildman–Crippen LogP) is 3.75. The summed E-state index contributed by atoms with van der Waals surface area (Å²) in [5.41, 5.74) is 1.01. The Hall–Kier alpha value is -1.48. The Morgan fingerprint density at radius 3 is 2.58 bits per heavy atom. The minimum Gasteiger partial charge on any atom is -0.325 e. The predicted molar refractivity (Wildman–Crippen MR) is 79.0 cm³/mol. The minimum atomic E-state index is -0.0166. The number of carbonyl (C=O) groups excluding carboxylic acids is 1. The van der Waals surface area contributed by atoms with Crippen molar-refractivity contribution in [3.8, 4) is 0 Å². The van der Waals surface area contributed by atoms with Crippen molar-refractivity contribution in [2.24, 2.45) is 5.92 Å². The van der Waals surface area contributed by atoms with Crippen molar-refractivity contribution in [1.29, 1.82) is 0 Å². The molecule has 1 fully saturated rings. The van der Waals surface area contributed by atoms with Crippen LogP contribution in [0, 0.1) is 5.92 Å². The van der Waals surface area contributed by atoms with Crippen molar-refractivity contribution < 1.29 is 4.79 Å². The maximum Gasteiger partial charge on any atom is 0.321 e. The number of halogens is 1. The van der Waals surface area contributed by atoms with Gasteiger partial charge in [-0.2, -0.15) is 0 Å². The van der Waals surface area contributed by atoms with Crippen LogP contribution in [0.2, 0.25) is 5.02 Å². The van der Waals surface area contributed by atoms with Gasteiger partial charge in [0.25, 0.3) is 0 Å². The number of hydrogen-bond acceptors (Lipinski definition) is 1. The second-order valence-electron chi connectivity index (χ2n) is 5.00. The van der Waals surface area contributed by atoms with E-state index in [-0.39, 0.29) is 6.03 Å². The number of rotatable bonds is 2. The lowest BCUT2D eigenvalue weighted by atomic mass is 10.00. The van der Waals surface area contributed by atoms with Crippen LogP contribution in [0.5, 0.6) is 0 Å². The molecule has 3 nitrogen and oxygen atoms in total. The van der Waals surface area contributed by atoms with Gasteiger partial charge in [-0.15, -0.1) is 0 Å². The zero-order chi connectivity index (χ0) is 13.7. The molecule has 1 heterocycles. The molecular formula is C15H19ClN2O. The number of likely N-dealkylation sites (tertiary alicyclic amines) is 1. The number of benzene rings is 1. The second kappa shape index (κ2) is 6.62. The Morgan fingerprint density at radius 2 is 1.95 bits per heavy atom. The smallest absolute Gasteiger partial charge is 0.321 e. The van der Waals surface area contributed by atoms with Gasteiger partial charge in [0.15, 0.2) is 0 Å². The van der Waals surface area contributed by atoms with Crippen molar-refractivity contribution in [2.45, 2.75) is 19.8 Å². The van der Waals surface area contributed by atoms with Gasteiger partial charge in [0, 0.05) is 24.3 Å². The van der Waals surface area contributed by atoms with Crippen molar-refractivity contribution in [1.82, 2.24) is 10.2 Å². The largest absolute Gasteiger partial charge is 0.325 e. The summed E-state index contributed by atoms with van der Waals surface area (Å²) in [7, 11) is 0. The average molecular weight is 279 g/mol. The van der Waals surface area contributed by atoms with Gasteiger partial charge in [-0.3, -0.25) is 0 Å². The van der Waals surface area contributed by atoms with Gasteiger partial charge in [0.2, 0.25) is 0 Å². The van der Waals surface area contributed by atoms with E-state index < -0.39 is 0 Å². The maximum absolute atomic E-state index is 11.9.